The van der Waals surface area contributed by atoms with Crippen LogP contribution in [0.2, 0.25) is 0 Å². The Morgan fingerprint density at radius 2 is 1.65 bits per heavy atom. The molecule has 3 saturated carbocycles. The van der Waals surface area contributed by atoms with Crippen LogP contribution in [0.25, 0.3) is 0 Å². The van der Waals surface area contributed by atoms with E-state index < -0.39 is 5.60 Å². The molecule has 2 bridgehead atoms. The van der Waals surface area contributed by atoms with Crippen molar-refractivity contribution in [2.75, 3.05) is 7.11 Å². The van der Waals surface area contributed by atoms with Crippen molar-refractivity contribution < 1.29 is 19.1 Å². The van der Waals surface area contributed by atoms with Gasteiger partial charge in [0, 0.05) is 11.0 Å². The Labute approximate surface area is 136 Å². The lowest BCUT2D eigenvalue weighted by Gasteiger charge is -2.70. The van der Waals surface area contributed by atoms with Crippen molar-refractivity contribution in [3.8, 4) is 0 Å². The molecule has 0 aliphatic heterocycles. The van der Waals surface area contributed by atoms with Crippen LogP contribution in [-0.2, 0) is 14.9 Å². The predicted molar refractivity (Wildman–Crippen MR) is 85.4 cm³/mol. The molecule has 5 nitrogen and oxygen atoms in total. The van der Waals surface area contributed by atoms with Gasteiger partial charge < -0.3 is 14.8 Å². The van der Waals surface area contributed by atoms with Gasteiger partial charge in [0.25, 0.3) is 0 Å². The SMILES string of the molecule is COC(=O)c1ccc(C23CC(NC(=O)OC(C)(C)C)(C2)C3)cc1. The Hall–Kier alpha value is -2.04. The summed E-state index contributed by atoms with van der Waals surface area (Å²) in [5.41, 5.74) is 1.34. The van der Waals surface area contributed by atoms with Crippen molar-refractivity contribution in [3.63, 3.8) is 0 Å². The second-order valence-electron chi connectivity index (χ2n) is 7.79. The van der Waals surface area contributed by atoms with Crippen LogP contribution in [0.4, 0.5) is 4.79 Å². The van der Waals surface area contributed by atoms with E-state index in [4.69, 9.17) is 9.47 Å². The summed E-state index contributed by atoms with van der Waals surface area (Å²) in [4.78, 5) is 23.4. The minimum atomic E-state index is -0.477. The first-order valence-corrected chi connectivity index (χ1v) is 7.87. The van der Waals surface area contributed by atoms with Gasteiger partial charge in [-0.3, -0.25) is 0 Å². The van der Waals surface area contributed by atoms with Crippen molar-refractivity contribution in [1.82, 2.24) is 5.32 Å². The van der Waals surface area contributed by atoms with Gasteiger partial charge >= 0.3 is 12.1 Å². The summed E-state index contributed by atoms with van der Waals surface area (Å²) in [5.74, 6) is -0.322. The van der Waals surface area contributed by atoms with Crippen LogP contribution in [0.15, 0.2) is 24.3 Å². The molecular weight excluding hydrogens is 294 g/mol. The number of nitrogens with one attached hydrogen (secondary N) is 1. The number of hydrogen-bond acceptors (Lipinski definition) is 4. The fourth-order valence-corrected chi connectivity index (χ4v) is 3.82. The smallest absolute Gasteiger partial charge is 0.408 e. The van der Waals surface area contributed by atoms with Crippen LogP contribution >= 0.6 is 0 Å². The number of ether oxygens (including phenoxy) is 2. The Morgan fingerprint density at radius 1 is 1.09 bits per heavy atom. The summed E-state index contributed by atoms with van der Waals surface area (Å²) in [7, 11) is 1.38. The maximum Gasteiger partial charge on any atom is 0.408 e. The Balaban J connectivity index is 1.59. The zero-order chi connectivity index (χ0) is 16.9. The first kappa shape index (κ1) is 15.8. The van der Waals surface area contributed by atoms with Crippen LogP contribution in [-0.4, -0.2) is 30.3 Å². The number of rotatable bonds is 3. The van der Waals surface area contributed by atoms with Crippen LogP contribution in [0, 0.1) is 0 Å². The largest absolute Gasteiger partial charge is 0.465 e. The van der Waals surface area contributed by atoms with Gasteiger partial charge in [0.2, 0.25) is 0 Å². The number of methoxy groups -OCH3 is 1. The average molecular weight is 317 g/mol. The maximum absolute atomic E-state index is 11.9. The molecule has 1 N–H and O–H groups in total. The van der Waals surface area contributed by atoms with Gasteiger partial charge in [0.05, 0.1) is 12.7 Å². The molecule has 0 unspecified atom stereocenters. The highest BCUT2D eigenvalue weighted by molar-refractivity contribution is 5.89. The Kier molecular flexibility index (Phi) is 3.43. The molecule has 1 aromatic carbocycles. The molecule has 0 aromatic heterocycles. The fourth-order valence-electron chi connectivity index (χ4n) is 3.82. The molecule has 0 radical (unpaired) electrons. The van der Waals surface area contributed by atoms with Crippen molar-refractivity contribution >= 4 is 12.1 Å². The third-order valence-corrected chi connectivity index (χ3v) is 4.71. The summed E-state index contributed by atoms with van der Waals surface area (Å²) in [5, 5.41) is 3.01. The zero-order valence-corrected chi connectivity index (χ0v) is 14.1. The maximum atomic E-state index is 11.9. The lowest BCUT2D eigenvalue weighted by molar-refractivity contribution is -0.0884. The van der Waals surface area contributed by atoms with Crippen LogP contribution in [0.3, 0.4) is 0 Å². The summed E-state index contributed by atoms with van der Waals surface area (Å²) in [6.07, 6.45) is 2.44. The van der Waals surface area contributed by atoms with Gasteiger partial charge in [0.15, 0.2) is 0 Å². The standard InChI is InChI=1S/C18H23NO4/c1-16(2,3)23-15(21)19-18-9-17(10-18,11-18)13-7-5-12(6-8-13)14(20)22-4/h5-8H,9-11H2,1-4H3,(H,19,21). The lowest BCUT2D eigenvalue weighted by atomic mass is 9.37. The first-order chi connectivity index (χ1) is 10.7. The Morgan fingerprint density at radius 3 is 2.13 bits per heavy atom. The van der Waals surface area contributed by atoms with Crippen LogP contribution in [0.1, 0.15) is 56.0 Å². The summed E-state index contributed by atoms with van der Waals surface area (Å²) >= 11 is 0. The van der Waals surface area contributed by atoms with Crippen molar-refractivity contribution in [3.05, 3.63) is 35.4 Å². The molecule has 0 atom stereocenters. The molecule has 3 fully saturated rings. The number of amides is 1. The average Bonchev–Trinajstić information content (AvgIpc) is 2.38. The third kappa shape index (κ3) is 2.80. The number of esters is 1. The molecule has 5 heteroatoms. The van der Waals surface area contributed by atoms with Gasteiger partial charge in [-0.15, -0.1) is 0 Å². The number of carbonyl (C=O) groups is 2. The molecule has 0 saturated heterocycles. The summed E-state index contributed by atoms with van der Waals surface area (Å²) in [6, 6.07) is 7.58. The second-order valence-corrected chi connectivity index (χ2v) is 7.79. The van der Waals surface area contributed by atoms with E-state index in [1.54, 1.807) is 12.1 Å². The topological polar surface area (TPSA) is 64.6 Å². The Bertz CT molecular complexity index is 622. The minimum Gasteiger partial charge on any atom is -0.465 e. The highest BCUT2D eigenvalue weighted by atomic mass is 16.6. The van der Waals surface area contributed by atoms with Crippen molar-refractivity contribution in [2.45, 2.75) is 56.6 Å². The predicted octanol–water partition coefficient (Wildman–Crippen LogP) is 3.17. The van der Waals surface area contributed by atoms with E-state index in [1.807, 2.05) is 32.9 Å². The number of alkyl carbamates (subject to hydrolysis) is 1. The van der Waals surface area contributed by atoms with Crippen molar-refractivity contribution in [1.29, 1.82) is 0 Å². The molecule has 0 heterocycles. The van der Waals surface area contributed by atoms with Gasteiger partial charge in [-0.05, 0) is 57.7 Å². The quantitative estimate of drug-likeness (QED) is 0.870. The van der Waals surface area contributed by atoms with Gasteiger partial charge in [0.1, 0.15) is 5.60 Å². The van der Waals surface area contributed by atoms with E-state index >= 15 is 0 Å². The van der Waals surface area contributed by atoms with Gasteiger partial charge in [-0.1, -0.05) is 12.1 Å². The van der Waals surface area contributed by atoms with E-state index in [9.17, 15) is 9.59 Å². The van der Waals surface area contributed by atoms with Gasteiger partial charge in [-0.25, -0.2) is 9.59 Å². The van der Waals surface area contributed by atoms with Gasteiger partial charge in [-0.2, -0.15) is 0 Å². The molecule has 0 spiro atoms. The first-order valence-electron chi connectivity index (χ1n) is 7.87. The normalized spacial score (nSPS) is 28.2. The van der Waals surface area contributed by atoms with E-state index in [0.717, 1.165) is 19.3 Å². The number of benzene rings is 1. The van der Waals surface area contributed by atoms with Crippen LogP contribution in [0.5, 0.6) is 0 Å². The lowest BCUT2D eigenvalue weighted by Crippen LogP contribution is -2.76. The second kappa shape index (κ2) is 4.98. The summed E-state index contributed by atoms with van der Waals surface area (Å²) in [6.45, 7) is 5.58. The third-order valence-electron chi connectivity index (χ3n) is 4.71. The minimum absolute atomic E-state index is 0.108. The molecule has 23 heavy (non-hydrogen) atoms. The van der Waals surface area contributed by atoms with Crippen molar-refractivity contribution in [2.24, 2.45) is 0 Å². The molecular formula is C18H23NO4. The molecule has 4 rings (SSSR count). The van der Waals surface area contributed by atoms with E-state index in [1.165, 1.54) is 12.7 Å². The highest BCUT2D eigenvalue weighted by Crippen LogP contribution is 2.67. The molecule has 124 valence electrons. The van der Waals surface area contributed by atoms with E-state index in [2.05, 4.69) is 5.32 Å². The monoisotopic (exact) mass is 317 g/mol. The van der Waals surface area contributed by atoms with E-state index in [0.29, 0.717) is 5.56 Å². The van der Waals surface area contributed by atoms with E-state index in [-0.39, 0.29) is 23.0 Å². The molecule has 1 amide bonds. The molecule has 1 aromatic rings. The highest BCUT2D eigenvalue weighted by Gasteiger charge is 2.69. The summed E-state index contributed by atoms with van der Waals surface area (Å²) < 4.78 is 10.0. The molecule has 3 aliphatic rings. The number of carbonyl (C=O) groups excluding carboxylic acids is 2. The molecule has 3 aliphatic carbocycles. The zero-order valence-electron chi connectivity index (χ0n) is 14.1. The van der Waals surface area contributed by atoms with Crippen LogP contribution < -0.4 is 5.32 Å². The fraction of sp³-hybridized carbons (Fsp3) is 0.556. The number of hydrogen-bond donors (Lipinski definition) is 1.